The van der Waals surface area contributed by atoms with E-state index in [1.807, 2.05) is 6.92 Å². The van der Waals surface area contributed by atoms with Crippen molar-refractivity contribution in [2.45, 2.75) is 47.0 Å². The van der Waals surface area contributed by atoms with Gasteiger partial charge >= 0.3 is 0 Å². The van der Waals surface area contributed by atoms with E-state index in [-0.39, 0.29) is 5.41 Å². The quantitative estimate of drug-likeness (QED) is 0.710. The van der Waals surface area contributed by atoms with Gasteiger partial charge in [-0.15, -0.1) is 0 Å². The SMILES string of the molecule is CCOc1c(C)cc(C)cc1C(C)(C)C. The number of aryl methyl sites for hydroxylation is 2. The van der Waals surface area contributed by atoms with Gasteiger partial charge < -0.3 is 4.74 Å². The summed E-state index contributed by atoms with van der Waals surface area (Å²) in [4.78, 5) is 0. The van der Waals surface area contributed by atoms with Crippen LogP contribution < -0.4 is 4.74 Å². The number of hydrogen-bond acceptors (Lipinski definition) is 1. The molecule has 0 saturated carbocycles. The zero-order chi connectivity index (χ0) is 11.6. The van der Waals surface area contributed by atoms with E-state index in [0.29, 0.717) is 0 Å². The zero-order valence-corrected chi connectivity index (χ0v) is 10.8. The molecule has 0 saturated heterocycles. The first kappa shape index (κ1) is 12.1. The van der Waals surface area contributed by atoms with Crippen molar-refractivity contribution in [1.82, 2.24) is 0 Å². The van der Waals surface area contributed by atoms with E-state index in [1.54, 1.807) is 0 Å². The highest BCUT2D eigenvalue weighted by atomic mass is 16.5. The van der Waals surface area contributed by atoms with Crippen molar-refractivity contribution in [1.29, 1.82) is 0 Å². The number of hydrogen-bond donors (Lipinski definition) is 0. The topological polar surface area (TPSA) is 9.23 Å². The number of benzene rings is 1. The summed E-state index contributed by atoms with van der Waals surface area (Å²) in [7, 11) is 0. The fourth-order valence-electron chi connectivity index (χ4n) is 1.85. The van der Waals surface area contributed by atoms with Crippen molar-refractivity contribution in [2.24, 2.45) is 0 Å². The summed E-state index contributed by atoms with van der Waals surface area (Å²) in [5, 5.41) is 0. The Kier molecular flexibility index (Phi) is 3.43. The van der Waals surface area contributed by atoms with E-state index in [0.717, 1.165) is 12.4 Å². The van der Waals surface area contributed by atoms with Crippen molar-refractivity contribution in [3.8, 4) is 5.75 Å². The van der Waals surface area contributed by atoms with Crippen molar-refractivity contribution < 1.29 is 4.74 Å². The average molecular weight is 206 g/mol. The smallest absolute Gasteiger partial charge is 0.125 e. The van der Waals surface area contributed by atoms with Crippen LogP contribution in [0.25, 0.3) is 0 Å². The summed E-state index contributed by atoms with van der Waals surface area (Å²) in [6, 6.07) is 4.41. The van der Waals surface area contributed by atoms with Gasteiger partial charge in [0.05, 0.1) is 6.61 Å². The van der Waals surface area contributed by atoms with Crippen LogP contribution in [0.4, 0.5) is 0 Å². The molecule has 1 heteroatoms. The fourth-order valence-corrected chi connectivity index (χ4v) is 1.85. The molecule has 0 aliphatic rings. The van der Waals surface area contributed by atoms with Crippen LogP contribution in [0.3, 0.4) is 0 Å². The maximum Gasteiger partial charge on any atom is 0.125 e. The van der Waals surface area contributed by atoms with Gasteiger partial charge in [0.25, 0.3) is 0 Å². The minimum atomic E-state index is 0.140. The van der Waals surface area contributed by atoms with Crippen molar-refractivity contribution in [3.05, 3.63) is 28.8 Å². The molecule has 84 valence electrons. The number of ether oxygens (including phenoxy) is 1. The average Bonchev–Trinajstić information content (AvgIpc) is 2.07. The second-order valence-electron chi connectivity index (χ2n) is 5.14. The second kappa shape index (κ2) is 4.26. The van der Waals surface area contributed by atoms with E-state index < -0.39 is 0 Å². The Hall–Kier alpha value is -0.980. The molecule has 0 N–H and O–H groups in total. The lowest BCUT2D eigenvalue weighted by molar-refractivity contribution is 0.327. The van der Waals surface area contributed by atoms with E-state index >= 15 is 0 Å². The van der Waals surface area contributed by atoms with Gasteiger partial charge in [0.2, 0.25) is 0 Å². The van der Waals surface area contributed by atoms with Gasteiger partial charge in [-0.25, -0.2) is 0 Å². The molecule has 1 nitrogen and oxygen atoms in total. The third kappa shape index (κ3) is 2.74. The van der Waals surface area contributed by atoms with Gasteiger partial charge in [-0.3, -0.25) is 0 Å². The monoisotopic (exact) mass is 206 g/mol. The molecule has 0 spiro atoms. The van der Waals surface area contributed by atoms with E-state index in [4.69, 9.17) is 4.74 Å². The molecule has 0 aromatic heterocycles. The third-order valence-electron chi connectivity index (χ3n) is 2.52. The molecule has 15 heavy (non-hydrogen) atoms. The molecule has 0 unspecified atom stereocenters. The van der Waals surface area contributed by atoms with Gasteiger partial charge in [0.1, 0.15) is 5.75 Å². The minimum absolute atomic E-state index is 0.140. The molecule has 0 bridgehead atoms. The van der Waals surface area contributed by atoms with Crippen LogP contribution >= 0.6 is 0 Å². The molecule has 0 fully saturated rings. The van der Waals surface area contributed by atoms with Crippen LogP contribution in [-0.4, -0.2) is 6.61 Å². The van der Waals surface area contributed by atoms with Crippen molar-refractivity contribution in [3.63, 3.8) is 0 Å². The molecular weight excluding hydrogens is 184 g/mol. The van der Waals surface area contributed by atoms with Crippen molar-refractivity contribution in [2.75, 3.05) is 6.61 Å². The molecule has 0 amide bonds. The maximum atomic E-state index is 5.75. The van der Waals surface area contributed by atoms with Crippen LogP contribution in [0, 0.1) is 13.8 Å². The molecule has 1 rings (SSSR count). The lowest BCUT2D eigenvalue weighted by Gasteiger charge is -2.24. The van der Waals surface area contributed by atoms with Gasteiger partial charge in [-0.1, -0.05) is 38.5 Å². The van der Waals surface area contributed by atoms with Crippen molar-refractivity contribution >= 4 is 0 Å². The predicted molar refractivity (Wildman–Crippen MR) is 65.8 cm³/mol. The summed E-state index contributed by atoms with van der Waals surface area (Å²) < 4.78 is 5.75. The Morgan fingerprint density at radius 1 is 1.13 bits per heavy atom. The van der Waals surface area contributed by atoms with E-state index in [1.165, 1.54) is 16.7 Å². The van der Waals surface area contributed by atoms with Crippen LogP contribution in [0.5, 0.6) is 5.75 Å². The Morgan fingerprint density at radius 2 is 1.73 bits per heavy atom. The largest absolute Gasteiger partial charge is 0.493 e. The Balaban J connectivity index is 3.33. The minimum Gasteiger partial charge on any atom is -0.493 e. The van der Waals surface area contributed by atoms with E-state index in [9.17, 15) is 0 Å². The summed E-state index contributed by atoms with van der Waals surface area (Å²) in [5.74, 6) is 1.07. The molecule has 0 heterocycles. The zero-order valence-electron chi connectivity index (χ0n) is 10.8. The molecule has 0 aliphatic heterocycles. The highest BCUT2D eigenvalue weighted by Gasteiger charge is 2.20. The first-order valence-corrected chi connectivity index (χ1v) is 5.60. The summed E-state index contributed by atoms with van der Waals surface area (Å²) in [5.41, 5.74) is 3.99. The first-order valence-electron chi connectivity index (χ1n) is 5.60. The lowest BCUT2D eigenvalue weighted by atomic mass is 9.84. The van der Waals surface area contributed by atoms with Crippen LogP contribution in [0.2, 0.25) is 0 Å². The third-order valence-corrected chi connectivity index (χ3v) is 2.52. The summed E-state index contributed by atoms with van der Waals surface area (Å²) in [6.45, 7) is 13.7. The molecule has 0 radical (unpaired) electrons. The Morgan fingerprint density at radius 3 is 2.20 bits per heavy atom. The Bertz CT molecular complexity index is 345. The fraction of sp³-hybridized carbons (Fsp3) is 0.571. The Labute approximate surface area is 93.5 Å². The van der Waals surface area contributed by atoms with Crippen LogP contribution in [0.1, 0.15) is 44.4 Å². The van der Waals surface area contributed by atoms with Crippen LogP contribution in [-0.2, 0) is 5.41 Å². The first-order chi connectivity index (χ1) is 6.86. The highest BCUT2D eigenvalue weighted by Crippen LogP contribution is 2.34. The van der Waals surface area contributed by atoms with Gasteiger partial charge in [-0.05, 0) is 31.7 Å². The van der Waals surface area contributed by atoms with Gasteiger partial charge in [0.15, 0.2) is 0 Å². The normalized spacial score (nSPS) is 11.6. The second-order valence-corrected chi connectivity index (χ2v) is 5.14. The molecule has 0 atom stereocenters. The number of rotatable bonds is 2. The maximum absolute atomic E-state index is 5.75. The summed E-state index contributed by atoms with van der Waals surface area (Å²) in [6.07, 6.45) is 0. The lowest BCUT2D eigenvalue weighted by Crippen LogP contribution is -2.14. The molecule has 1 aromatic rings. The van der Waals surface area contributed by atoms with E-state index in [2.05, 4.69) is 46.8 Å². The molecule has 1 aromatic carbocycles. The standard InChI is InChI=1S/C14H22O/c1-7-15-13-11(3)8-10(2)9-12(13)14(4,5)6/h8-9H,7H2,1-6H3. The van der Waals surface area contributed by atoms with Gasteiger partial charge in [-0.2, -0.15) is 0 Å². The summed E-state index contributed by atoms with van der Waals surface area (Å²) >= 11 is 0. The van der Waals surface area contributed by atoms with Gasteiger partial charge in [0, 0.05) is 5.56 Å². The molecular formula is C14H22O. The van der Waals surface area contributed by atoms with Crippen LogP contribution in [0.15, 0.2) is 12.1 Å². The predicted octanol–water partition coefficient (Wildman–Crippen LogP) is 4.00. The highest BCUT2D eigenvalue weighted by molar-refractivity contribution is 5.47. The molecule has 0 aliphatic carbocycles.